The van der Waals surface area contributed by atoms with Crippen molar-refractivity contribution in [3.8, 4) is 6.07 Å². The summed E-state index contributed by atoms with van der Waals surface area (Å²) in [7, 11) is 0. The molecular weight excluding hydrogens is 472 g/mol. The molecule has 5 heterocycles. The number of pyridine rings is 1. The fourth-order valence-electron chi connectivity index (χ4n) is 5.30. The van der Waals surface area contributed by atoms with Gasteiger partial charge in [-0.25, -0.2) is 15.0 Å². The van der Waals surface area contributed by atoms with Crippen molar-refractivity contribution < 1.29 is 9.84 Å². The first-order chi connectivity index (χ1) is 16.6. The number of aromatic nitrogens is 3. The summed E-state index contributed by atoms with van der Waals surface area (Å²) in [6.07, 6.45) is 9.26. The van der Waals surface area contributed by atoms with E-state index in [1.807, 2.05) is 6.07 Å². The Bertz CT molecular complexity index is 1060. The molecule has 3 aliphatic heterocycles. The fraction of sp³-hybridized carbons (Fsp3) is 0.583. The van der Waals surface area contributed by atoms with Gasteiger partial charge < -0.3 is 19.6 Å². The maximum Gasteiger partial charge on any atom is 0.152 e. The summed E-state index contributed by atoms with van der Waals surface area (Å²) in [4.78, 5) is 19.1. The van der Waals surface area contributed by atoms with Crippen LogP contribution in [0.15, 0.2) is 28.4 Å². The average molecular weight is 501 g/mol. The Hall–Kier alpha value is -2.12. The van der Waals surface area contributed by atoms with E-state index in [-0.39, 0.29) is 12.6 Å². The van der Waals surface area contributed by atoms with Crippen LogP contribution >= 0.6 is 23.4 Å². The van der Waals surface area contributed by atoms with Crippen molar-refractivity contribution in [1.29, 1.82) is 5.26 Å². The fourth-order valence-corrected chi connectivity index (χ4v) is 6.43. The number of piperidine rings is 1. The molecule has 3 aliphatic rings. The number of halogens is 1. The van der Waals surface area contributed by atoms with E-state index in [1.54, 1.807) is 12.4 Å². The number of ether oxygens (including phenoxy) is 1. The number of anilines is 2. The molecule has 180 valence electrons. The lowest BCUT2D eigenvalue weighted by Crippen LogP contribution is -2.41. The van der Waals surface area contributed by atoms with Gasteiger partial charge in [-0.1, -0.05) is 23.4 Å². The Morgan fingerprint density at radius 1 is 1.24 bits per heavy atom. The molecule has 10 heteroatoms. The molecule has 34 heavy (non-hydrogen) atoms. The van der Waals surface area contributed by atoms with Gasteiger partial charge in [0.2, 0.25) is 0 Å². The van der Waals surface area contributed by atoms with Crippen molar-refractivity contribution in [2.24, 2.45) is 5.41 Å². The van der Waals surface area contributed by atoms with E-state index in [2.05, 4.69) is 20.9 Å². The van der Waals surface area contributed by atoms with Crippen LogP contribution in [0.25, 0.3) is 0 Å². The molecule has 2 aromatic rings. The molecule has 0 saturated carbocycles. The van der Waals surface area contributed by atoms with Crippen LogP contribution in [0, 0.1) is 16.7 Å². The smallest absolute Gasteiger partial charge is 0.152 e. The van der Waals surface area contributed by atoms with Gasteiger partial charge in [-0.15, -0.1) is 0 Å². The first-order valence-corrected chi connectivity index (χ1v) is 13.1. The lowest BCUT2D eigenvalue weighted by molar-refractivity contribution is 0.133. The Labute approximate surface area is 209 Å². The predicted octanol–water partition coefficient (Wildman–Crippen LogP) is 4.06. The maximum atomic E-state index is 10.0. The lowest BCUT2D eigenvalue weighted by Gasteiger charge is -2.39. The second kappa shape index (κ2) is 10.2. The molecule has 5 rings (SSSR count). The van der Waals surface area contributed by atoms with Crippen molar-refractivity contribution in [1.82, 2.24) is 15.0 Å². The van der Waals surface area contributed by atoms with Gasteiger partial charge in [-0.05, 0) is 43.6 Å². The number of hydrogen-bond acceptors (Lipinski definition) is 9. The molecule has 3 saturated heterocycles. The molecule has 2 aromatic heterocycles. The van der Waals surface area contributed by atoms with Crippen LogP contribution in [0.5, 0.6) is 0 Å². The Balaban J connectivity index is 1.32. The number of hydrogen-bond donors (Lipinski definition) is 1. The van der Waals surface area contributed by atoms with Crippen LogP contribution in [0.4, 0.5) is 11.6 Å². The monoisotopic (exact) mass is 500 g/mol. The number of rotatable bonds is 6. The molecule has 1 spiro atoms. The molecule has 0 aliphatic carbocycles. The van der Waals surface area contributed by atoms with E-state index in [0.29, 0.717) is 27.6 Å². The van der Waals surface area contributed by atoms with E-state index < -0.39 is 0 Å². The predicted molar refractivity (Wildman–Crippen MR) is 131 cm³/mol. The highest BCUT2D eigenvalue weighted by Gasteiger charge is 2.38. The highest BCUT2D eigenvalue weighted by Crippen LogP contribution is 2.42. The van der Waals surface area contributed by atoms with Crippen LogP contribution in [-0.4, -0.2) is 58.9 Å². The van der Waals surface area contributed by atoms with E-state index in [4.69, 9.17) is 31.6 Å². The normalized spacial score (nSPS) is 21.9. The van der Waals surface area contributed by atoms with E-state index in [0.717, 1.165) is 81.5 Å². The Kier molecular flexibility index (Phi) is 7.11. The first-order valence-electron chi connectivity index (χ1n) is 11.9. The minimum atomic E-state index is -0.166. The summed E-state index contributed by atoms with van der Waals surface area (Å²) in [5.74, 6) is 1.48. The van der Waals surface area contributed by atoms with Gasteiger partial charge in [0, 0.05) is 43.4 Å². The SMILES string of the molecule is N#CCC1CCCN1c1nccc(Sc2cnc(N3CCC4(CCOC4)CC3)c(CO)n2)c1Cl. The van der Waals surface area contributed by atoms with E-state index in [9.17, 15) is 5.11 Å². The number of aliphatic hydroxyl groups is 1. The third-order valence-corrected chi connectivity index (χ3v) is 8.74. The zero-order valence-corrected chi connectivity index (χ0v) is 20.7. The summed E-state index contributed by atoms with van der Waals surface area (Å²) < 4.78 is 5.64. The second-order valence-corrected chi connectivity index (χ2v) is 10.8. The van der Waals surface area contributed by atoms with Crippen LogP contribution in [-0.2, 0) is 11.3 Å². The molecule has 0 aromatic carbocycles. The van der Waals surface area contributed by atoms with Crippen molar-refractivity contribution in [3.63, 3.8) is 0 Å². The molecule has 1 N–H and O–H groups in total. The van der Waals surface area contributed by atoms with Crippen LogP contribution < -0.4 is 9.80 Å². The summed E-state index contributed by atoms with van der Waals surface area (Å²) >= 11 is 8.18. The zero-order valence-electron chi connectivity index (χ0n) is 19.1. The molecule has 0 amide bonds. The molecular formula is C24H29ClN6O2S. The van der Waals surface area contributed by atoms with Gasteiger partial charge in [-0.2, -0.15) is 5.26 Å². The zero-order chi connectivity index (χ0) is 23.5. The van der Waals surface area contributed by atoms with Gasteiger partial charge in [0.05, 0.1) is 36.9 Å². The number of nitriles is 1. The largest absolute Gasteiger partial charge is 0.390 e. The highest BCUT2D eigenvalue weighted by atomic mass is 35.5. The summed E-state index contributed by atoms with van der Waals surface area (Å²) in [5, 5.41) is 20.4. The van der Waals surface area contributed by atoms with Gasteiger partial charge in [-0.3, -0.25) is 0 Å². The summed E-state index contributed by atoms with van der Waals surface area (Å²) in [6.45, 7) is 4.20. The van der Waals surface area contributed by atoms with Gasteiger partial charge in [0.25, 0.3) is 0 Å². The summed E-state index contributed by atoms with van der Waals surface area (Å²) in [5.41, 5.74) is 0.902. The highest BCUT2D eigenvalue weighted by molar-refractivity contribution is 7.99. The van der Waals surface area contributed by atoms with Crippen LogP contribution in [0.1, 0.15) is 44.2 Å². The maximum absolute atomic E-state index is 10.0. The molecule has 0 radical (unpaired) electrons. The minimum Gasteiger partial charge on any atom is -0.390 e. The van der Waals surface area contributed by atoms with Gasteiger partial charge in [0.1, 0.15) is 16.5 Å². The molecule has 1 unspecified atom stereocenters. The van der Waals surface area contributed by atoms with Crippen molar-refractivity contribution in [2.75, 3.05) is 42.6 Å². The minimum absolute atomic E-state index is 0.148. The lowest BCUT2D eigenvalue weighted by atomic mass is 9.78. The van der Waals surface area contributed by atoms with Gasteiger partial charge in [0.15, 0.2) is 5.82 Å². The molecule has 1 atom stereocenters. The third kappa shape index (κ3) is 4.69. The standard InChI is InChI=1S/C24H29ClN6O2S/c25-21-19(4-9-27-23(21)31-10-1-2-17(31)3-8-26)34-20-14-28-22(18(15-32)29-20)30-11-5-24(6-12-30)7-13-33-16-24/h4,9,14,17,32H,1-3,5-7,10-13,15-16H2. The summed E-state index contributed by atoms with van der Waals surface area (Å²) in [6, 6.07) is 4.29. The third-order valence-electron chi connectivity index (χ3n) is 7.28. The molecule has 0 bridgehead atoms. The van der Waals surface area contributed by atoms with Crippen LogP contribution in [0.2, 0.25) is 5.02 Å². The van der Waals surface area contributed by atoms with Crippen molar-refractivity contribution in [2.45, 2.75) is 61.1 Å². The molecule has 3 fully saturated rings. The first kappa shape index (κ1) is 23.6. The van der Waals surface area contributed by atoms with Crippen molar-refractivity contribution >= 4 is 35.0 Å². The molecule has 8 nitrogen and oxygen atoms in total. The second-order valence-electron chi connectivity index (χ2n) is 9.33. The Morgan fingerprint density at radius 3 is 2.82 bits per heavy atom. The quantitative estimate of drug-likeness (QED) is 0.629. The number of nitrogens with zero attached hydrogens (tertiary/aromatic N) is 6. The van der Waals surface area contributed by atoms with Crippen molar-refractivity contribution in [3.05, 3.63) is 29.2 Å². The Morgan fingerprint density at radius 2 is 2.09 bits per heavy atom. The van der Waals surface area contributed by atoms with E-state index in [1.165, 1.54) is 11.8 Å². The van der Waals surface area contributed by atoms with Gasteiger partial charge >= 0.3 is 0 Å². The van der Waals surface area contributed by atoms with Crippen LogP contribution in [0.3, 0.4) is 0 Å². The van der Waals surface area contributed by atoms with E-state index >= 15 is 0 Å². The topological polar surface area (TPSA) is 98.4 Å². The average Bonchev–Trinajstić information content (AvgIpc) is 3.51. The number of aliphatic hydroxyl groups excluding tert-OH is 1.